The zero-order valence-corrected chi connectivity index (χ0v) is 12.1. The minimum absolute atomic E-state index is 0.243. The van der Waals surface area contributed by atoms with Crippen LogP contribution in [0.3, 0.4) is 0 Å². The lowest BCUT2D eigenvalue weighted by Crippen LogP contribution is -2.47. The fraction of sp³-hybridized carbons (Fsp3) is 1.00. The second-order valence-electron chi connectivity index (χ2n) is 3.71. The summed E-state index contributed by atoms with van der Waals surface area (Å²) in [6, 6.07) is 0.243. The van der Waals surface area contributed by atoms with Gasteiger partial charge in [-0.05, 0) is 0 Å². The second-order valence-corrected chi connectivity index (χ2v) is 6.68. The Bertz CT molecular complexity index is 284. The monoisotopic (exact) mass is 330 g/mol. The molecule has 0 aliphatic heterocycles. The first-order valence-corrected chi connectivity index (χ1v) is 7.44. The van der Waals surface area contributed by atoms with E-state index in [1.54, 1.807) is 6.92 Å². The fourth-order valence-corrected chi connectivity index (χ4v) is 3.05. The SMILES string of the molecule is CCC[Si](OC)(OC)OCOC(F)(F)C(F)C(F)(F)F. The molecule has 0 aliphatic carbocycles. The Morgan fingerprint density at radius 1 is 1.05 bits per heavy atom. The van der Waals surface area contributed by atoms with E-state index in [2.05, 4.69) is 4.74 Å². The van der Waals surface area contributed by atoms with E-state index in [0.717, 1.165) is 0 Å². The van der Waals surface area contributed by atoms with Crippen molar-refractivity contribution < 1.29 is 44.4 Å². The fourth-order valence-electron chi connectivity index (χ4n) is 1.25. The van der Waals surface area contributed by atoms with Gasteiger partial charge in [-0.1, -0.05) is 13.3 Å². The van der Waals surface area contributed by atoms with Gasteiger partial charge >= 0.3 is 21.1 Å². The van der Waals surface area contributed by atoms with Gasteiger partial charge in [-0.3, -0.25) is 4.74 Å². The Kier molecular flexibility index (Phi) is 7.45. The van der Waals surface area contributed by atoms with Crippen LogP contribution in [0.5, 0.6) is 0 Å². The van der Waals surface area contributed by atoms with Crippen molar-refractivity contribution >= 4 is 8.80 Å². The van der Waals surface area contributed by atoms with Crippen LogP contribution >= 0.6 is 0 Å². The molecule has 1 unspecified atom stereocenters. The number of hydrogen-bond acceptors (Lipinski definition) is 4. The standard InChI is InChI=1S/C9H16F6O4Si/c1-4-5-20(16-2,17-3)19-6-18-9(14,15)7(10)8(11,12)13/h7H,4-6H2,1-3H3. The molecule has 0 amide bonds. The van der Waals surface area contributed by atoms with Crippen LogP contribution in [0.15, 0.2) is 0 Å². The molecule has 0 aromatic rings. The lowest BCUT2D eigenvalue weighted by atomic mass is 10.3. The molecular formula is C9H16F6O4Si. The molecule has 4 nitrogen and oxygen atoms in total. The Labute approximate surface area is 113 Å². The van der Waals surface area contributed by atoms with Crippen LogP contribution in [-0.4, -0.2) is 48.3 Å². The third kappa shape index (κ3) is 5.56. The highest BCUT2D eigenvalue weighted by Crippen LogP contribution is 2.35. The van der Waals surface area contributed by atoms with Gasteiger partial charge in [-0.15, -0.1) is 0 Å². The van der Waals surface area contributed by atoms with E-state index in [4.69, 9.17) is 13.3 Å². The summed E-state index contributed by atoms with van der Waals surface area (Å²) >= 11 is 0. The van der Waals surface area contributed by atoms with Gasteiger partial charge in [-0.25, -0.2) is 4.39 Å². The molecule has 0 rings (SSSR count). The third-order valence-electron chi connectivity index (χ3n) is 2.29. The molecule has 0 spiro atoms. The average molecular weight is 330 g/mol. The van der Waals surface area contributed by atoms with Crippen molar-refractivity contribution in [1.82, 2.24) is 0 Å². The molecule has 122 valence electrons. The molecule has 0 bridgehead atoms. The molecule has 0 N–H and O–H groups in total. The molecule has 0 aromatic carbocycles. The first-order chi connectivity index (χ1) is 9.04. The van der Waals surface area contributed by atoms with Crippen molar-refractivity contribution in [1.29, 1.82) is 0 Å². The summed E-state index contributed by atoms with van der Waals surface area (Å²) in [5.74, 6) is 0. The molecule has 0 radical (unpaired) electrons. The van der Waals surface area contributed by atoms with Crippen LogP contribution in [0.1, 0.15) is 13.3 Å². The van der Waals surface area contributed by atoms with Crippen molar-refractivity contribution in [2.24, 2.45) is 0 Å². The van der Waals surface area contributed by atoms with Crippen LogP contribution < -0.4 is 0 Å². The lowest BCUT2D eigenvalue weighted by Gasteiger charge is -2.28. The van der Waals surface area contributed by atoms with Crippen molar-refractivity contribution in [2.45, 2.75) is 37.8 Å². The maximum absolute atomic E-state index is 12.8. The largest absolute Gasteiger partial charge is 0.502 e. The highest BCUT2D eigenvalue weighted by atomic mass is 28.4. The number of ether oxygens (including phenoxy) is 1. The molecule has 1 atom stereocenters. The Morgan fingerprint density at radius 2 is 1.55 bits per heavy atom. The van der Waals surface area contributed by atoms with Crippen molar-refractivity contribution in [3.8, 4) is 0 Å². The van der Waals surface area contributed by atoms with Crippen molar-refractivity contribution in [3.63, 3.8) is 0 Å². The molecule has 0 saturated heterocycles. The van der Waals surface area contributed by atoms with Gasteiger partial charge in [0.25, 0.3) is 6.17 Å². The van der Waals surface area contributed by atoms with E-state index >= 15 is 0 Å². The van der Waals surface area contributed by atoms with E-state index in [-0.39, 0.29) is 6.04 Å². The van der Waals surface area contributed by atoms with Gasteiger partial charge in [0.1, 0.15) is 6.79 Å². The smallest absolute Gasteiger partial charge is 0.377 e. The predicted molar refractivity (Wildman–Crippen MR) is 57.8 cm³/mol. The number of rotatable bonds is 9. The predicted octanol–water partition coefficient (Wildman–Crippen LogP) is 3.11. The van der Waals surface area contributed by atoms with E-state index in [1.807, 2.05) is 0 Å². The van der Waals surface area contributed by atoms with Crippen LogP contribution in [0, 0.1) is 0 Å². The Morgan fingerprint density at radius 3 is 1.90 bits per heavy atom. The first-order valence-electron chi connectivity index (χ1n) is 5.51. The first kappa shape index (κ1) is 19.6. The highest BCUT2D eigenvalue weighted by molar-refractivity contribution is 6.60. The lowest BCUT2D eigenvalue weighted by molar-refractivity contribution is -0.349. The van der Waals surface area contributed by atoms with E-state index in [9.17, 15) is 26.3 Å². The number of hydrogen-bond donors (Lipinski definition) is 0. The molecule has 0 aliphatic rings. The second kappa shape index (κ2) is 7.59. The van der Waals surface area contributed by atoms with Gasteiger partial charge in [0.2, 0.25) is 0 Å². The van der Waals surface area contributed by atoms with E-state index in [1.165, 1.54) is 14.2 Å². The maximum Gasteiger partial charge on any atom is 0.502 e. The van der Waals surface area contributed by atoms with Crippen LogP contribution in [0.4, 0.5) is 26.3 Å². The van der Waals surface area contributed by atoms with Gasteiger partial charge in [-0.2, -0.15) is 22.0 Å². The summed E-state index contributed by atoms with van der Waals surface area (Å²) in [7, 11) is -0.875. The zero-order chi connectivity index (χ0) is 16.0. The zero-order valence-electron chi connectivity index (χ0n) is 11.1. The topological polar surface area (TPSA) is 36.9 Å². The van der Waals surface area contributed by atoms with Crippen molar-refractivity contribution in [3.05, 3.63) is 0 Å². The molecule has 11 heteroatoms. The van der Waals surface area contributed by atoms with E-state index < -0.39 is 34.1 Å². The van der Waals surface area contributed by atoms with Gasteiger partial charge in [0, 0.05) is 20.3 Å². The summed E-state index contributed by atoms with van der Waals surface area (Å²) in [6.45, 7) is 0.456. The maximum atomic E-state index is 12.8. The molecule has 20 heavy (non-hydrogen) atoms. The average Bonchev–Trinajstić information content (AvgIpc) is 2.35. The number of alkyl halides is 6. The highest BCUT2D eigenvalue weighted by Gasteiger charge is 2.58. The minimum atomic E-state index is -5.73. The minimum Gasteiger partial charge on any atom is -0.377 e. The quantitative estimate of drug-likeness (QED) is 0.370. The molecule has 0 saturated carbocycles. The summed E-state index contributed by atoms with van der Waals surface area (Å²) in [6.07, 6.45) is -14.7. The Balaban J connectivity index is 4.54. The van der Waals surface area contributed by atoms with Crippen molar-refractivity contribution in [2.75, 3.05) is 21.0 Å². The van der Waals surface area contributed by atoms with Gasteiger partial charge in [0.05, 0.1) is 0 Å². The van der Waals surface area contributed by atoms with Crippen LogP contribution in [0.2, 0.25) is 6.04 Å². The summed E-state index contributed by atoms with van der Waals surface area (Å²) in [5.41, 5.74) is 0. The van der Waals surface area contributed by atoms with Gasteiger partial charge < -0.3 is 13.3 Å². The van der Waals surface area contributed by atoms with Gasteiger partial charge in [0.15, 0.2) is 0 Å². The molecule has 0 aromatic heterocycles. The summed E-state index contributed by atoms with van der Waals surface area (Å²) in [5, 5.41) is 0. The van der Waals surface area contributed by atoms with E-state index in [0.29, 0.717) is 6.42 Å². The summed E-state index contributed by atoms with van der Waals surface area (Å²) < 4.78 is 91.9. The number of halogens is 6. The Hall–Kier alpha value is -0.363. The molecule has 0 fully saturated rings. The molecular weight excluding hydrogens is 314 g/mol. The summed E-state index contributed by atoms with van der Waals surface area (Å²) in [4.78, 5) is 0. The third-order valence-corrected chi connectivity index (χ3v) is 5.20. The molecule has 0 heterocycles. The van der Waals surface area contributed by atoms with Crippen LogP contribution in [-0.2, 0) is 18.0 Å². The van der Waals surface area contributed by atoms with Crippen LogP contribution in [0.25, 0.3) is 0 Å². The normalized spacial score (nSPS) is 15.4.